The van der Waals surface area contributed by atoms with Crippen LogP contribution in [0.5, 0.6) is 0 Å². The molecule has 7 heteroatoms. The minimum Gasteiger partial charge on any atom is -0.395 e. The second-order valence-corrected chi connectivity index (χ2v) is 8.09. The van der Waals surface area contributed by atoms with Gasteiger partial charge in [0.2, 0.25) is 0 Å². The minimum atomic E-state index is -4.23. The summed E-state index contributed by atoms with van der Waals surface area (Å²) in [4.78, 5) is 2.35. The quantitative estimate of drug-likeness (QED) is 0.248. The van der Waals surface area contributed by atoms with Crippen molar-refractivity contribution in [2.75, 3.05) is 32.8 Å². The molecular weight excluding hydrogens is 366 g/mol. The summed E-state index contributed by atoms with van der Waals surface area (Å²) in [5.74, 6) is 0. The van der Waals surface area contributed by atoms with E-state index < -0.39 is 10.4 Å². The Labute approximate surface area is 168 Å². The van der Waals surface area contributed by atoms with E-state index in [1.807, 2.05) is 0 Å². The molecule has 0 unspecified atom stereocenters. The van der Waals surface area contributed by atoms with Crippen LogP contribution in [0.3, 0.4) is 0 Å². The third-order valence-corrected chi connectivity index (χ3v) is 4.77. The Morgan fingerprint density at radius 1 is 0.704 bits per heavy atom. The average Bonchev–Trinajstić information content (AvgIpc) is 2.62. The standard InChI is InChI=1S/C10H23NO.C10H22O4S/c1-3-5-7-11(9-10-12)8-6-4-2;1-2-3-4-5-6-7-8-9-10-14-15(11,12)13/h12H,3-10H2,1-2H3;2-10H2,1H3,(H,11,12,13). The number of rotatable bonds is 18. The number of hydrogen-bond donors (Lipinski definition) is 2. The molecule has 0 rings (SSSR count). The zero-order chi connectivity index (χ0) is 20.8. The lowest BCUT2D eigenvalue weighted by Crippen LogP contribution is -2.28. The summed E-state index contributed by atoms with van der Waals surface area (Å²) < 4.78 is 32.8. The molecular formula is C20H45NO5S. The van der Waals surface area contributed by atoms with Crippen molar-refractivity contribution in [3.8, 4) is 0 Å². The van der Waals surface area contributed by atoms with Crippen molar-refractivity contribution in [1.82, 2.24) is 4.90 Å². The maximum atomic E-state index is 10.2. The molecule has 0 atom stereocenters. The number of aliphatic hydroxyl groups is 1. The van der Waals surface area contributed by atoms with E-state index in [0.29, 0.717) is 13.0 Å². The number of aliphatic hydroxyl groups excluding tert-OH is 1. The van der Waals surface area contributed by atoms with Gasteiger partial charge >= 0.3 is 10.4 Å². The highest BCUT2D eigenvalue weighted by Gasteiger charge is 2.02. The summed E-state index contributed by atoms with van der Waals surface area (Å²) in [6, 6.07) is 0. The Balaban J connectivity index is 0. The van der Waals surface area contributed by atoms with Crippen LogP contribution >= 0.6 is 0 Å². The maximum Gasteiger partial charge on any atom is 0.397 e. The molecule has 0 saturated carbocycles. The lowest BCUT2D eigenvalue weighted by atomic mass is 10.1. The maximum absolute atomic E-state index is 10.2. The van der Waals surface area contributed by atoms with E-state index in [1.54, 1.807) is 0 Å². The van der Waals surface area contributed by atoms with Crippen molar-refractivity contribution in [3.63, 3.8) is 0 Å². The van der Waals surface area contributed by atoms with Crippen LogP contribution in [0, 0.1) is 0 Å². The SMILES string of the molecule is CCCCCCCCCCOS(=O)(=O)O.CCCCN(CCO)CCCC. The van der Waals surface area contributed by atoms with Crippen LogP contribution in [0.25, 0.3) is 0 Å². The van der Waals surface area contributed by atoms with E-state index in [2.05, 4.69) is 29.9 Å². The number of hydrogen-bond acceptors (Lipinski definition) is 5. The van der Waals surface area contributed by atoms with E-state index in [4.69, 9.17) is 9.66 Å². The van der Waals surface area contributed by atoms with Crippen molar-refractivity contribution < 1.29 is 22.3 Å². The molecule has 0 radical (unpaired) electrons. The number of unbranched alkanes of at least 4 members (excludes halogenated alkanes) is 9. The van der Waals surface area contributed by atoms with E-state index >= 15 is 0 Å². The predicted octanol–water partition coefficient (Wildman–Crippen LogP) is 4.83. The molecule has 0 heterocycles. The number of nitrogens with zero attached hydrogens (tertiary/aromatic N) is 1. The van der Waals surface area contributed by atoms with Crippen molar-refractivity contribution in [3.05, 3.63) is 0 Å². The molecule has 166 valence electrons. The van der Waals surface area contributed by atoms with Gasteiger partial charge in [0, 0.05) is 6.54 Å². The fourth-order valence-electron chi connectivity index (χ4n) is 2.64. The molecule has 0 bridgehead atoms. The lowest BCUT2D eigenvalue weighted by Gasteiger charge is -2.20. The molecule has 0 aliphatic heterocycles. The van der Waals surface area contributed by atoms with Gasteiger partial charge in [-0.05, 0) is 32.4 Å². The summed E-state index contributed by atoms with van der Waals surface area (Å²) in [5, 5.41) is 8.79. The van der Waals surface area contributed by atoms with Gasteiger partial charge in [-0.25, -0.2) is 4.18 Å². The first-order valence-electron chi connectivity index (χ1n) is 10.9. The van der Waals surface area contributed by atoms with Crippen LogP contribution in [-0.2, 0) is 14.6 Å². The first-order valence-corrected chi connectivity index (χ1v) is 12.2. The highest BCUT2D eigenvalue weighted by molar-refractivity contribution is 7.80. The fourth-order valence-corrected chi connectivity index (χ4v) is 2.97. The second-order valence-electron chi connectivity index (χ2n) is 7.00. The first kappa shape index (κ1) is 29.0. The van der Waals surface area contributed by atoms with Gasteiger partial charge in [0.05, 0.1) is 13.2 Å². The molecule has 0 amide bonds. The first-order chi connectivity index (χ1) is 12.9. The summed E-state index contributed by atoms with van der Waals surface area (Å²) in [5.41, 5.74) is 0. The smallest absolute Gasteiger partial charge is 0.395 e. The Hall–Kier alpha value is -0.210. The zero-order valence-corrected chi connectivity index (χ0v) is 18.8. The van der Waals surface area contributed by atoms with Crippen molar-refractivity contribution in [2.45, 2.75) is 97.8 Å². The largest absolute Gasteiger partial charge is 0.397 e. The molecule has 0 fully saturated rings. The Morgan fingerprint density at radius 2 is 1.15 bits per heavy atom. The van der Waals surface area contributed by atoms with Gasteiger partial charge in [-0.3, -0.25) is 4.55 Å². The van der Waals surface area contributed by atoms with Gasteiger partial charge in [0.25, 0.3) is 0 Å². The van der Waals surface area contributed by atoms with E-state index in [0.717, 1.165) is 32.5 Å². The summed E-state index contributed by atoms with van der Waals surface area (Å²) >= 11 is 0. The molecule has 0 aliphatic rings. The molecule has 0 aromatic carbocycles. The van der Waals surface area contributed by atoms with Crippen molar-refractivity contribution in [1.29, 1.82) is 0 Å². The summed E-state index contributed by atoms with van der Waals surface area (Å²) in [6.45, 7) is 10.1. The third kappa shape index (κ3) is 28.1. The average molecular weight is 412 g/mol. The second kappa shape index (κ2) is 22.1. The highest BCUT2D eigenvalue weighted by Crippen LogP contribution is 2.08. The molecule has 0 aromatic rings. The van der Waals surface area contributed by atoms with Gasteiger partial charge in [-0.1, -0.05) is 78.6 Å². The third-order valence-electron chi connectivity index (χ3n) is 4.30. The van der Waals surface area contributed by atoms with E-state index in [9.17, 15) is 8.42 Å². The van der Waals surface area contributed by atoms with Crippen LogP contribution in [0.4, 0.5) is 0 Å². The van der Waals surface area contributed by atoms with Gasteiger partial charge in [-0.15, -0.1) is 0 Å². The summed E-state index contributed by atoms with van der Waals surface area (Å²) in [6.07, 6.45) is 14.0. The van der Waals surface area contributed by atoms with Gasteiger partial charge < -0.3 is 10.0 Å². The normalized spacial score (nSPS) is 11.5. The minimum absolute atomic E-state index is 0.0911. The molecule has 0 aliphatic carbocycles. The predicted molar refractivity (Wildman–Crippen MR) is 113 cm³/mol. The molecule has 27 heavy (non-hydrogen) atoms. The molecule has 0 saturated heterocycles. The molecule has 2 N–H and O–H groups in total. The monoisotopic (exact) mass is 411 g/mol. The fraction of sp³-hybridized carbons (Fsp3) is 1.00. The van der Waals surface area contributed by atoms with E-state index in [-0.39, 0.29) is 6.61 Å². The van der Waals surface area contributed by atoms with Gasteiger partial charge in [0.1, 0.15) is 0 Å². The van der Waals surface area contributed by atoms with Crippen LogP contribution in [-0.4, -0.2) is 55.8 Å². The van der Waals surface area contributed by atoms with Crippen LogP contribution in [0.2, 0.25) is 0 Å². The van der Waals surface area contributed by atoms with Gasteiger partial charge in [0.15, 0.2) is 0 Å². The van der Waals surface area contributed by atoms with E-state index in [1.165, 1.54) is 57.8 Å². The van der Waals surface area contributed by atoms with Crippen LogP contribution in [0.15, 0.2) is 0 Å². The zero-order valence-electron chi connectivity index (χ0n) is 18.0. The molecule has 0 spiro atoms. The molecule has 6 nitrogen and oxygen atoms in total. The van der Waals surface area contributed by atoms with Crippen molar-refractivity contribution >= 4 is 10.4 Å². The van der Waals surface area contributed by atoms with Crippen LogP contribution in [0.1, 0.15) is 97.8 Å². The van der Waals surface area contributed by atoms with Gasteiger partial charge in [-0.2, -0.15) is 8.42 Å². The lowest BCUT2D eigenvalue weighted by molar-refractivity contribution is 0.192. The Bertz CT molecular complexity index is 369. The topological polar surface area (TPSA) is 87.1 Å². The van der Waals surface area contributed by atoms with Crippen molar-refractivity contribution in [2.24, 2.45) is 0 Å². The highest BCUT2D eigenvalue weighted by atomic mass is 32.3. The van der Waals surface area contributed by atoms with Crippen LogP contribution < -0.4 is 0 Å². The molecule has 0 aromatic heterocycles. The Morgan fingerprint density at radius 3 is 1.56 bits per heavy atom. The summed E-state index contributed by atoms with van der Waals surface area (Å²) in [7, 11) is -4.23. The Kier molecular flexibility index (Phi) is 23.7.